The second-order valence-electron chi connectivity index (χ2n) is 5.93. The minimum absolute atomic E-state index is 0.425. The van der Waals surface area contributed by atoms with Gasteiger partial charge in [-0.2, -0.15) is 0 Å². The number of rotatable bonds is 5. The van der Waals surface area contributed by atoms with Gasteiger partial charge in [-0.3, -0.25) is 0 Å². The van der Waals surface area contributed by atoms with Gasteiger partial charge in [0.25, 0.3) is 0 Å². The van der Waals surface area contributed by atoms with Crippen LogP contribution in [0.25, 0.3) is 11.3 Å². The summed E-state index contributed by atoms with van der Waals surface area (Å²) in [6.45, 7) is 2.52. The average molecular weight is 308 g/mol. The Morgan fingerprint density at radius 2 is 2.17 bits per heavy atom. The molecule has 0 bridgehead atoms. The molecule has 1 aromatic carbocycles. The molecule has 0 spiro atoms. The van der Waals surface area contributed by atoms with Gasteiger partial charge in [0.2, 0.25) is 0 Å². The van der Waals surface area contributed by atoms with Crippen molar-refractivity contribution in [3.63, 3.8) is 0 Å². The summed E-state index contributed by atoms with van der Waals surface area (Å²) in [5, 5.41) is 0. The topological polar surface area (TPSA) is 55.7 Å². The molecule has 0 aliphatic carbocycles. The summed E-state index contributed by atoms with van der Waals surface area (Å²) < 4.78 is 7.90. The number of hydrogen-bond donors (Lipinski definition) is 1. The summed E-state index contributed by atoms with van der Waals surface area (Å²) in [6, 6.07) is 10.4. The lowest BCUT2D eigenvalue weighted by atomic mass is 9.99. The fraction of sp³-hybridized carbons (Fsp3) is 0.333. The Bertz CT molecular complexity index is 743. The predicted octanol–water partition coefficient (Wildman–Crippen LogP) is 3.02. The van der Waals surface area contributed by atoms with E-state index in [0.717, 1.165) is 44.0 Å². The molecule has 23 heavy (non-hydrogen) atoms. The highest BCUT2D eigenvalue weighted by Crippen LogP contribution is 2.33. The maximum Gasteiger partial charge on any atom is 0.0956 e. The van der Waals surface area contributed by atoms with E-state index in [2.05, 4.69) is 38.8 Å². The molecule has 1 saturated heterocycles. The highest BCUT2D eigenvalue weighted by atomic mass is 16.5. The summed E-state index contributed by atoms with van der Waals surface area (Å²) in [5.41, 5.74) is 4.71. The standard InChI is InChI=1S/C18H20N4O/c1-2-4-14(5-3-1)17-18(15-7-9-23-11-15)22(13-21-17)8-6-16-10-19-12-20-16/h1-5,10,12-13,15H,6-9,11H2,(H,19,20)/t15-/m1/s1. The van der Waals surface area contributed by atoms with Crippen LogP contribution in [0.15, 0.2) is 49.2 Å². The molecule has 0 unspecified atom stereocenters. The average Bonchev–Trinajstić information content (AvgIpc) is 3.34. The Balaban J connectivity index is 1.66. The molecule has 3 aromatic rings. The van der Waals surface area contributed by atoms with Gasteiger partial charge in [0, 0.05) is 42.9 Å². The zero-order chi connectivity index (χ0) is 15.5. The van der Waals surface area contributed by atoms with Crippen molar-refractivity contribution in [2.75, 3.05) is 13.2 Å². The Labute approximate surface area is 135 Å². The van der Waals surface area contributed by atoms with Gasteiger partial charge >= 0.3 is 0 Å². The molecule has 3 heterocycles. The number of nitrogens with one attached hydrogen (secondary N) is 1. The van der Waals surface area contributed by atoms with Crippen LogP contribution < -0.4 is 0 Å². The first kappa shape index (κ1) is 14.2. The molecule has 2 aromatic heterocycles. The molecular formula is C18H20N4O. The van der Waals surface area contributed by atoms with Crippen molar-refractivity contribution >= 4 is 0 Å². The third-order valence-electron chi connectivity index (χ3n) is 4.42. The molecule has 4 rings (SSSR count). The fourth-order valence-electron chi connectivity index (χ4n) is 3.23. The maximum absolute atomic E-state index is 5.62. The number of aromatic nitrogens is 4. The molecule has 1 N–H and O–H groups in total. The fourth-order valence-corrected chi connectivity index (χ4v) is 3.23. The summed E-state index contributed by atoms with van der Waals surface area (Å²) in [6.07, 6.45) is 7.56. The van der Waals surface area contributed by atoms with Crippen molar-refractivity contribution in [2.24, 2.45) is 0 Å². The van der Waals surface area contributed by atoms with Crippen LogP contribution in [0.2, 0.25) is 0 Å². The van der Waals surface area contributed by atoms with Crippen LogP contribution in [0, 0.1) is 0 Å². The number of imidazole rings is 2. The number of aromatic amines is 1. The van der Waals surface area contributed by atoms with Crippen molar-refractivity contribution in [1.29, 1.82) is 0 Å². The molecule has 5 nitrogen and oxygen atoms in total. The lowest BCUT2D eigenvalue weighted by Gasteiger charge is -2.14. The zero-order valence-corrected chi connectivity index (χ0v) is 13.0. The predicted molar refractivity (Wildman–Crippen MR) is 88.1 cm³/mol. The zero-order valence-electron chi connectivity index (χ0n) is 13.0. The number of hydrogen-bond acceptors (Lipinski definition) is 3. The first-order valence-corrected chi connectivity index (χ1v) is 8.07. The van der Waals surface area contributed by atoms with Crippen molar-refractivity contribution < 1.29 is 4.74 Å². The number of ether oxygens (including phenoxy) is 1. The summed E-state index contributed by atoms with van der Waals surface area (Å²) >= 11 is 0. The van der Waals surface area contributed by atoms with Crippen molar-refractivity contribution in [2.45, 2.75) is 25.3 Å². The molecule has 0 radical (unpaired) electrons. The van der Waals surface area contributed by atoms with Crippen LogP contribution >= 0.6 is 0 Å². The monoisotopic (exact) mass is 308 g/mol. The first-order chi connectivity index (χ1) is 11.4. The smallest absolute Gasteiger partial charge is 0.0956 e. The van der Waals surface area contributed by atoms with E-state index in [4.69, 9.17) is 9.72 Å². The quantitative estimate of drug-likeness (QED) is 0.788. The van der Waals surface area contributed by atoms with Gasteiger partial charge in [-0.15, -0.1) is 0 Å². The van der Waals surface area contributed by atoms with E-state index < -0.39 is 0 Å². The van der Waals surface area contributed by atoms with E-state index in [0.29, 0.717) is 5.92 Å². The molecular weight excluding hydrogens is 288 g/mol. The molecule has 0 amide bonds. The third-order valence-corrected chi connectivity index (χ3v) is 4.42. The van der Waals surface area contributed by atoms with E-state index in [1.807, 2.05) is 18.6 Å². The maximum atomic E-state index is 5.62. The highest BCUT2D eigenvalue weighted by Gasteiger charge is 2.25. The number of aryl methyl sites for hydroxylation is 2. The van der Waals surface area contributed by atoms with E-state index in [-0.39, 0.29) is 0 Å². The van der Waals surface area contributed by atoms with Crippen LogP contribution in [0.1, 0.15) is 23.7 Å². The van der Waals surface area contributed by atoms with Crippen LogP contribution in [-0.4, -0.2) is 32.7 Å². The SMILES string of the molecule is c1ccc(-c2ncn(CCc3cnc[nH]3)c2[C@@H]2CCOC2)cc1. The van der Waals surface area contributed by atoms with E-state index in [1.165, 1.54) is 11.3 Å². The van der Waals surface area contributed by atoms with Gasteiger partial charge in [-0.05, 0) is 6.42 Å². The van der Waals surface area contributed by atoms with Gasteiger partial charge in [-0.1, -0.05) is 30.3 Å². The lowest BCUT2D eigenvalue weighted by Crippen LogP contribution is -2.10. The van der Waals surface area contributed by atoms with E-state index in [1.54, 1.807) is 6.33 Å². The first-order valence-electron chi connectivity index (χ1n) is 8.07. The van der Waals surface area contributed by atoms with Gasteiger partial charge in [0.05, 0.1) is 30.6 Å². The summed E-state index contributed by atoms with van der Waals surface area (Å²) in [4.78, 5) is 12.0. The van der Waals surface area contributed by atoms with Gasteiger partial charge < -0.3 is 14.3 Å². The molecule has 1 fully saturated rings. The Morgan fingerprint density at radius 3 is 2.91 bits per heavy atom. The van der Waals surface area contributed by atoms with Crippen LogP contribution in [0.3, 0.4) is 0 Å². The lowest BCUT2D eigenvalue weighted by molar-refractivity contribution is 0.193. The largest absolute Gasteiger partial charge is 0.381 e. The van der Waals surface area contributed by atoms with Crippen molar-refractivity contribution in [3.8, 4) is 11.3 Å². The van der Waals surface area contributed by atoms with Crippen LogP contribution in [-0.2, 0) is 17.7 Å². The van der Waals surface area contributed by atoms with Gasteiger partial charge in [0.1, 0.15) is 0 Å². The van der Waals surface area contributed by atoms with E-state index in [9.17, 15) is 0 Å². The van der Waals surface area contributed by atoms with Crippen molar-refractivity contribution in [1.82, 2.24) is 19.5 Å². The Kier molecular flexibility index (Phi) is 3.94. The van der Waals surface area contributed by atoms with Gasteiger partial charge in [0.15, 0.2) is 0 Å². The molecule has 5 heteroatoms. The van der Waals surface area contributed by atoms with Crippen LogP contribution in [0.5, 0.6) is 0 Å². The normalized spacial score (nSPS) is 17.7. The van der Waals surface area contributed by atoms with Gasteiger partial charge in [-0.25, -0.2) is 9.97 Å². The molecule has 0 saturated carbocycles. The van der Waals surface area contributed by atoms with Crippen LogP contribution in [0.4, 0.5) is 0 Å². The van der Waals surface area contributed by atoms with E-state index >= 15 is 0 Å². The Morgan fingerprint density at radius 1 is 1.26 bits per heavy atom. The minimum Gasteiger partial charge on any atom is -0.381 e. The second kappa shape index (κ2) is 6.38. The Hall–Kier alpha value is -2.40. The van der Waals surface area contributed by atoms with Crippen molar-refractivity contribution in [3.05, 3.63) is 60.6 Å². The summed E-state index contributed by atoms with van der Waals surface area (Å²) in [5.74, 6) is 0.425. The minimum atomic E-state index is 0.425. The number of nitrogens with zero attached hydrogens (tertiary/aromatic N) is 3. The molecule has 1 atom stereocenters. The highest BCUT2D eigenvalue weighted by molar-refractivity contribution is 5.62. The number of benzene rings is 1. The molecule has 1 aliphatic rings. The molecule has 118 valence electrons. The number of H-pyrrole nitrogens is 1. The molecule has 1 aliphatic heterocycles. The summed E-state index contributed by atoms with van der Waals surface area (Å²) in [7, 11) is 0. The third kappa shape index (κ3) is 2.92. The second-order valence-corrected chi connectivity index (χ2v) is 5.93.